The van der Waals surface area contributed by atoms with Crippen molar-refractivity contribution in [2.24, 2.45) is 0 Å². The summed E-state index contributed by atoms with van der Waals surface area (Å²) in [6.45, 7) is 5.21. The molecule has 1 fully saturated rings. The Labute approximate surface area is 88.0 Å². The number of ether oxygens (including phenoxy) is 1. The molecule has 15 heavy (non-hydrogen) atoms. The van der Waals surface area contributed by atoms with Crippen LogP contribution in [0.3, 0.4) is 0 Å². The number of aliphatic hydroxyl groups excluding tert-OH is 1. The fraction of sp³-hybridized carbons (Fsp3) is 0.778. The third-order valence-electron chi connectivity index (χ3n) is 1.80. The van der Waals surface area contributed by atoms with Crippen molar-refractivity contribution in [1.29, 1.82) is 0 Å². The van der Waals surface area contributed by atoms with Crippen LogP contribution in [0.25, 0.3) is 0 Å². The average molecular weight is 216 g/mol. The Kier molecular flexibility index (Phi) is 3.18. The Balaban J connectivity index is 2.42. The third kappa shape index (κ3) is 3.75. The summed E-state index contributed by atoms with van der Waals surface area (Å²) in [7, 11) is 0. The first-order chi connectivity index (χ1) is 6.78. The molecular formula is C9H16N2O4. The molecule has 1 aliphatic heterocycles. The van der Waals surface area contributed by atoms with Crippen LogP contribution in [0.1, 0.15) is 27.2 Å². The Hall–Kier alpha value is -1.30. The molecule has 0 radical (unpaired) electrons. The number of rotatable bonds is 1. The quantitative estimate of drug-likeness (QED) is 0.562. The Morgan fingerprint density at radius 3 is 2.60 bits per heavy atom. The van der Waals surface area contributed by atoms with Crippen molar-refractivity contribution < 1.29 is 19.4 Å². The van der Waals surface area contributed by atoms with Crippen molar-refractivity contribution in [1.82, 2.24) is 10.6 Å². The van der Waals surface area contributed by atoms with E-state index in [4.69, 9.17) is 4.74 Å². The first kappa shape index (κ1) is 11.8. The van der Waals surface area contributed by atoms with Crippen LogP contribution in [-0.4, -0.2) is 35.0 Å². The minimum atomic E-state index is -1.04. The molecule has 0 spiro atoms. The van der Waals surface area contributed by atoms with Gasteiger partial charge in [0.1, 0.15) is 11.8 Å². The third-order valence-corrected chi connectivity index (χ3v) is 1.80. The van der Waals surface area contributed by atoms with Gasteiger partial charge in [-0.25, -0.2) is 4.79 Å². The van der Waals surface area contributed by atoms with Crippen LogP contribution in [-0.2, 0) is 9.53 Å². The van der Waals surface area contributed by atoms with E-state index in [2.05, 4.69) is 10.6 Å². The van der Waals surface area contributed by atoms with E-state index >= 15 is 0 Å². The lowest BCUT2D eigenvalue weighted by atomic mass is 10.2. The van der Waals surface area contributed by atoms with Crippen LogP contribution >= 0.6 is 0 Å². The second-order valence-corrected chi connectivity index (χ2v) is 4.47. The first-order valence-corrected chi connectivity index (χ1v) is 4.75. The Bertz CT molecular complexity index is 272. The molecule has 0 aromatic heterocycles. The van der Waals surface area contributed by atoms with E-state index in [9.17, 15) is 14.7 Å². The van der Waals surface area contributed by atoms with E-state index in [0.717, 1.165) is 0 Å². The second-order valence-electron chi connectivity index (χ2n) is 4.47. The summed E-state index contributed by atoms with van der Waals surface area (Å²) in [5.74, 6) is -0.288. The summed E-state index contributed by atoms with van der Waals surface area (Å²) in [5.41, 5.74) is -0.592. The smallest absolute Gasteiger partial charge is 0.408 e. The van der Waals surface area contributed by atoms with Crippen molar-refractivity contribution in [2.45, 2.75) is 45.1 Å². The lowest BCUT2D eigenvalue weighted by molar-refractivity contribution is -0.120. The number of nitrogens with one attached hydrogen (secondary N) is 2. The SMILES string of the molecule is CC(C)(C)OC(=O)NC1CC(=O)NC1O. The van der Waals surface area contributed by atoms with Gasteiger partial charge in [-0.2, -0.15) is 0 Å². The monoisotopic (exact) mass is 216 g/mol. The van der Waals surface area contributed by atoms with Crippen LogP contribution in [0.5, 0.6) is 0 Å². The van der Waals surface area contributed by atoms with E-state index < -0.39 is 24.0 Å². The van der Waals surface area contributed by atoms with Crippen molar-refractivity contribution in [2.75, 3.05) is 0 Å². The number of carbonyl (C=O) groups excluding carboxylic acids is 2. The molecule has 2 unspecified atom stereocenters. The van der Waals surface area contributed by atoms with Crippen LogP contribution in [0.15, 0.2) is 0 Å². The number of alkyl carbamates (subject to hydrolysis) is 1. The predicted molar refractivity (Wildman–Crippen MR) is 51.9 cm³/mol. The predicted octanol–water partition coefficient (Wildman–Crippen LogP) is -0.282. The normalized spacial score (nSPS) is 26.0. The first-order valence-electron chi connectivity index (χ1n) is 4.75. The van der Waals surface area contributed by atoms with Crippen LogP contribution in [0.2, 0.25) is 0 Å². The molecule has 1 saturated heterocycles. The van der Waals surface area contributed by atoms with Gasteiger partial charge in [-0.1, -0.05) is 0 Å². The number of aliphatic hydroxyl groups is 1. The van der Waals surface area contributed by atoms with E-state index in [-0.39, 0.29) is 12.3 Å². The minimum absolute atomic E-state index is 0.0699. The molecular weight excluding hydrogens is 200 g/mol. The molecule has 0 aliphatic carbocycles. The number of hydrogen-bond donors (Lipinski definition) is 3. The van der Waals surface area contributed by atoms with Crippen molar-refractivity contribution in [3.05, 3.63) is 0 Å². The Morgan fingerprint density at radius 2 is 2.20 bits per heavy atom. The number of amides is 2. The van der Waals surface area contributed by atoms with Gasteiger partial charge in [0.05, 0.1) is 12.5 Å². The summed E-state index contributed by atoms with van der Waals surface area (Å²) in [4.78, 5) is 22.2. The highest BCUT2D eigenvalue weighted by Gasteiger charge is 2.32. The fourth-order valence-electron chi connectivity index (χ4n) is 1.22. The molecule has 6 heteroatoms. The molecule has 0 aromatic rings. The topological polar surface area (TPSA) is 87.7 Å². The van der Waals surface area contributed by atoms with E-state index in [0.29, 0.717) is 0 Å². The minimum Gasteiger partial charge on any atom is -0.444 e. The van der Waals surface area contributed by atoms with Crippen molar-refractivity contribution in [3.63, 3.8) is 0 Å². The molecule has 0 saturated carbocycles. The molecule has 86 valence electrons. The van der Waals surface area contributed by atoms with Gasteiger partial charge in [-0.15, -0.1) is 0 Å². The lowest BCUT2D eigenvalue weighted by Crippen LogP contribution is -2.45. The maximum Gasteiger partial charge on any atom is 0.408 e. The van der Waals surface area contributed by atoms with E-state index in [1.54, 1.807) is 20.8 Å². The van der Waals surface area contributed by atoms with E-state index in [1.807, 2.05) is 0 Å². The fourth-order valence-corrected chi connectivity index (χ4v) is 1.22. The molecule has 0 aromatic carbocycles. The Morgan fingerprint density at radius 1 is 1.60 bits per heavy atom. The summed E-state index contributed by atoms with van der Waals surface area (Å²) in [6.07, 6.45) is -1.60. The summed E-state index contributed by atoms with van der Waals surface area (Å²) >= 11 is 0. The molecule has 3 N–H and O–H groups in total. The summed E-state index contributed by atoms with van der Waals surface area (Å²) in [5, 5.41) is 14.0. The maximum absolute atomic E-state index is 11.3. The second kappa shape index (κ2) is 4.06. The molecule has 6 nitrogen and oxygen atoms in total. The highest BCUT2D eigenvalue weighted by Crippen LogP contribution is 2.10. The van der Waals surface area contributed by atoms with Gasteiger partial charge in [0.25, 0.3) is 0 Å². The van der Waals surface area contributed by atoms with Crippen molar-refractivity contribution >= 4 is 12.0 Å². The van der Waals surface area contributed by atoms with Gasteiger partial charge in [-0.05, 0) is 20.8 Å². The van der Waals surface area contributed by atoms with Gasteiger partial charge in [0, 0.05) is 0 Å². The maximum atomic E-state index is 11.3. The zero-order valence-electron chi connectivity index (χ0n) is 9.03. The molecule has 2 amide bonds. The molecule has 1 aliphatic rings. The zero-order chi connectivity index (χ0) is 11.6. The lowest BCUT2D eigenvalue weighted by Gasteiger charge is -2.22. The molecule has 1 rings (SSSR count). The van der Waals surface area contributed by atoms with Crippen LogP contribution in [0.4, 0.5) is 4.79 Å². The largest absolute Gasteiger partial charge is 0.444 e. The summed E-state index contributed by atoms with van der Waals surface area (Å²) < 4.78 is 4.98. The van der Waals surface area contributed by atoms with Crippen LogP contribution < -0.4 is 10.6 Å². The highest BCUT2D eigenvalue weighted by atomic mass is 16.6. The number of carbonyl (C=O) groups is 2. The summed E-state index contributed by atoms with van der Waals surface area (Å²) in [6, 6.07) is -0.618. The van der Waals surface area contributed by atoms with Gasteiger partial charge in [0.2, 0.25) is 5.91 Å². The van der Waals surface area contributed by atoms with Crippen LogP contribution in [0, 0.1) is 0 Å². The standard InChI is InChI=1S/C9H16N2O4/c1-9(2,3)15-8(14)10-5-4-6(12)11-7(5)13/h5,7,13H,4H2,1-3H3,(H,10,14)(H,11,12). The van der Waals surface area contributed by atoms with Gasteiger partial charge >= 0.3 is 6.09 Å². The highest BCUT2D eigenvalue weighted by molar-refractivity contribution is 5.80. The zero-order valence-corrected chi connectivity index (χ0v) is 9.03. The van der Waals surface area contributed by atoms with Gasteiger partial charge in [0.15, 0.2) is 0 Å². The van der Waals surface area contributed by atoms with E-state index in [1.165, 1.54) is 0 Å². The number of hydrogen-bond acceptors (Lipinski definition) is 4. The van der Waals surface area contributed by atoms with Gasteiger partial charge < -0.3 is 20.5 Å². The average Bonchev–Trinajstić information content (AvgIpc) is 2.25. The van der Waals surface area contributed by atoms with Gasteiger partial charge in [-0.3, -0.25) is 4.79 Å². The van der Waals surface area contributed by atoms with Crippen molar-refractivity contribution in [3.8, 4) is 0 Å². The molecule has 1 heterocycles. The molecule has 0 bridgehead atoms. The molecule has 2 atom stereocenters.